The van der Waals surface area contributed by atoms with Crippen LogP contribution in [0.25, 0.3) is 0 Å². The number of Topliss-reactive ketones (excluding diaryl/α,β-unsaturated/α-hetero) is 1. The predicted octanol–water partition coefficient (Wildman–Crippen LogP) is 9.13. The molecule has 1 unspecified atom stereocenters. The SMILES string of the molecule is CC1(C)[C@H]2CC[C@@H](CN(C[C@@H](O)COCc3ccccc3)C[C@]3(O)CC[C@H]4[C@]56C=C[C@@]7(C=C5C(=O)Cc5c(F)cccc5Cl)CC(O)CC[C@]7(C)[C@H]6CC[C@@]43C)[C@@H]1C2. The van der Waals surface area contributed by atoms with E-state index in [2.05, 4.69) is 50.8 Å². The number of nitrogens with zero attached hydrogens (tertiary/aromatic N) is 1. The maximum atomic E-state index is 15.3. The number of carbonyl (C=O) groups is 1. The van der Waals surface area contributed by atoms with E-state index < -0.39 is 39.9 Å². The van der Waals surface area contributed by atoms with Gasteiger partial charge in [0.2, 0.25) is 0 Å². The van der Waals surface area contributed by atoms with Crippen molar-refractivity contribution in [2.45, 2.75) is 123 Å². The minimum atomic E-state index is -1.05. The summed E-state index contributed by atoms with van der Waals surface area (Å²) in [5, 5.41) is 36.3. The highest BCUT2D eigenvalue weighted by Gasteiger charge is 2.74. The van der Waals surface area contributed by atoms with Crippen LogP contribution in [0, 0.1) is 62.5 Å². The summed E-state index contributed by atoms with van der Waals surface area (Å²) >= 11 is 6.54. The fourth-order valence-electron chi connectivity index (χ4n) is 14.9. The molecular weight excluding hydrogens is 749 g/mol. The largest absolute Gasteiger partial charge is 0.393 e. The van der Waals surface area contributed by atoms with Gasteiger partial charge < -0.3 is 20.1 Å². The summed E-state index contributed by atoms with van der Waals surface area (Å²) in [6.07, 6.45) is 14.5. The van der Waals surface area contributed by atoms with Crippen LogP contribution in [0.3, 0.4) is 0 Å². The van der Waals surface area contributed by atoms with Crippen molar-refractivity contribution in [1.82, 2.24) is 4.90 Å². The molecule has 8 heteroatoms. The zero-order valence-corrected chi connectivity index (χ0v) is 35.8. The molecule has 2 aromatic carbocycles. The molecule has 0 saturated heterocycles. The van der Waals surface area contributed by atoms with Crippen LogP contribution in [0.15, 0.2) is 72.3 Å². The van der Waals surface area contributed by atoms with E-state index in [1.807, 2.05) is 30.3 Å². The van der Waals surface area contributed by atoms with E-state index in [0.29, 0.717) is 49.8 Å². The molecule has 0 heterocycles. The van der Waals surface area contributed by atoms with Crippen molar-refractivity contribution in [1.29, 1.82) is 0 Å². The first-order valence-corrected chi connectivity index (χ1v) is 22.8. The predicted molar refractivity (Wildman–Crippen MR) is 225 cm³/mol. The molecule has 12 atom stereocenters. The van der Waals surface area contributed by atoms with Crippen molar-refractivity contribution in [2.24, 2.45) is 56.7 Å². The van der Waals surface area contributed by atoms with Crippen LogP contribution in [0.1, 0.15) is 103 Å². The van der Waals surface area contributed by atoms with Crippen LogP contribution in [0.2, 0.25) is 5.02 Å². The number of fused-ring (bicyclic) bond motifs is 3. The molecule has 0 radical (unpaired) electrons. The van der Waals surface area contributed by atoms with Crippen molar-refractivity contribution in [3.8, 4) is 0 Å². The van der Waals surface area contributed by atoms with Gasteiger partial charge in [0, 0.05) is 58.5 Å². The van der Waals surface area contributed by atoms with Gasteiger partial charge in [-0.2, -0.15) is 0 Å². The third-order valence-electron chi connectivity index (χ3n) is 18.3. The van der Waals surface area contributed by atoms with Crippen molar-refractivity contribution in [2.75, 3.05) is 26.2 Å². The van der Waals surface area contributed by atoms with Crippen molar-refractivity contribution in [3.63, 3.8) is 0 Å². The first-order valence-electron chi connectivity index (χ1n) is 22.4. The third-order valence-corrected chi connectivity index (χ3v) is 18.6. The quantitative estimate of drug-likeness (QED) is 0.175. The lowest BCUT2D eigenvalue weighted by molar-refractivity contribution is -0.182. The second-order valence-electron chi connectivity index (χ2n) is 21.2. The Morgan fingerprint density at radius 2 is 1.69 bits per heavy atom. The maximum absolute atomic E-state index is 15.3. The standard InChI is InChI=1S/C50H65ClFNO5/c1-45(2)34-14-13-33(38(45)23-34)27-53(28-36(55)30-58-29-32-9-6-5-7-10-32)31-49(57)20-17-44-47(49,4)19-16-43-46(3)18-15-35(54)25-48(46)21-22-50(43,44)39(26-48)42(56)24-37-40(51)11-8-12-41(37)52/h5-12,21-22,26,33-36,38,43-44,54-55,57H,13-20,23-25,27-31H2,1-4H3/t33-,34-,35?,36+,38-,43+,44+,46+,47-,48-,49+,50+/m0/s1. The number of aliphatic hydroxyl groups excluding tert-OH is 2. The Bertz CT molecular complexity index is 1950. The lowest BCUT2D eigenvalue weighted by Gasteiger charge is -2.71. The van der Waals surface area contributed by atoms with Gasteiger partial charge >= 0.3 is 0 Å². The molecule has 4 bridgehead atoms. The van der Waals surface area contributed by atoms with Crippen LogP contribution in [-0.4, -0.2) is 70.1 Å². The molecule has 58 heavy (non-hydrogen) atoms. The molecule has 6 fully saturated rings. The molecule has 2 aromatic rings. The van der Waals surface area contributed by atoms with Crippen LogP contribution < -0.4 is 0 Å². The van der Waals surface area contributed by atoms with Crippen molar-refractivity contribution in [3.05, 3.63) is 94.3 Å². The molecule has 2 spiro atoms. The number of ketones is 1. The number of halogens is 2. The second-order valence-corrected chi connectivity index (χ2v) is 21.6. The highest BCUT2D eigenvalue weighted by Crippen LogP contribution is 2.78. The van der Waals surface area contributed by atoms with Crippen molar-refractivity contribution >= 4 is 17.4 Å². The molecule has 0 aliphatic heterocycles. The minimum absolute atomic E-state index is 0.0183. The zero-order chi connectivity index (χ0) is 40.9. The van der Waals surface area contributed by atoms with Gasteiger partial charge in [-0.15, -0.1) is 0 Å². The van der Waals surface area contributed by atoms with Gasteiger partial charge in [-0.05, 0) is 122 Å². The summed E-state index contributed by atoms with van der Waals surface area (Å²) in [7, 11) is 0. The van der Waals surface area contributed by atoms with E-state index in [4.69, 9.17) is 16.3 Å². The molecule has 0 aromatic heterocycles. The number of rotatable bonds is 13. The van der Waals surface area contributed by atoms with Crippen LogP contribution in [-0.2, 0) is 22.6 Å². The zero-order valence-electron chi connectivity index (χ0n) is 35.1. The first-order chi connectivity index (χ1) is 27.6. The molecule has 3 N–H and O–H groups in total. The lowest BCUT2D eigenvalue weighted by Crippen LogP contribution is -2.67. The van der Waals surface area contributed by atoms with Gasteiger partial charge in [0.1, 0.15) is 5.82 Å². The van der Waals surface area contributed by atoms with Crippen LogP contribution in [0.5, 0.6) is 0 Å². The highest BCUT2D eigenvalue weighted by molar-refractivity contribution is 6.31. The molecule has 11 rings (SSSR count). The number of carbonyl (C=O) groups excluding carboxylic acids is 1. The third kappa shape index (κ3) is 6.21. The van der Waals surface area contributed by atoms with Gasteiger partial charge in [-0.25, -0.2) is 4.39 Å². The number of hydrogen-bond donors (Lipinski definition) is 3. The van der Waals surface area contributed by atoms with E-state index in [0.717, 1.165) is 55.7 Å². The molecule has 314 valence electrons. The molecule has 6 nitrogen and oxygen atoms in total. The average molecular weight is 815 g/mol. The topological polar surface area (TPSA) is 90.2 Å². The van der Waals surface area contributed by atoms with E-state index >= 15 is 4.39 Å². The number of hydrogen-bond acceptors (Lipinski definition) is 6. The van der Waals surface area contributed by atoms with E-state index in [-0.39, 0.29) is 46.6 Å². The van der Waals surface area contributed by atoms with Gasteiger partial charge in [-0.3, -0.25) is 9.69 Å². The Kier molecular flexibility index (Phi) is 10.3. The number of ether oxygens (including phenoxy) is 1. The first kappa shape index (κ1) is 41.0. The van der Waals surface area contributed by atoms with Crippen molar-refractivity contribution < 1.29 is 29.2 Å². The summed E-state index contributed by atoms with van der Waals surface area (Å²) in [6, 6.07) is 14.6. The summed E-state index contributed by atoms with van der Waals surface area (Å²) in [5.74, 6) is 1.48. The Hall–Kier alpha value is -2.39. The van der Waals surface area contributed by atoms with Gasteiger partial charge in [0.05, 0.1) is 31.0 Å². The number of benzene rings is 2. The van der Waals surface area contributed by atoms with E-state index in [9.17, 15) is 20.1 Å². The smallest absolute Gasteiger partial charge is 0.164 e. The molecular formula is C50H65ClFNO5. The Morgan fingerprint density at radius 3 is 2.43 bits per heavy atom. The number of aliphatic hydroxyl groups is 3. The van der Waals surface area contributed by atoms with Gasteiger partial charge in [0.15, 0.2) is 5.78 Å². The second kappa shape index (κ2) is 14.6. The van der Waals surface area contributed by atoms with Crippen LogP contribution >= 0.6 is 11.6 Å². The summed E-state index contributed by atoms with van der Waals surface area (Å²) in [6.45, 7) is 11.9. The Balaban J connectivity index is 1.03. The van der Waals surface area contributed by atoms with Gasteiger partial charge in [0.25, 0.3) is 0 Å². The van der Waals surface area contributed by atoms with E-state index in [1.54, 1.807) is 12.1 Å². The monoisotopic (exact) mass is 813 g/mol. The van der Waals surface area contributed by atoms with Crippen LogP contribution in [0.4, 0.5) is 4.39 Å². The normalized spacial score (nSPS) is 41.0. The fraction of sp³-hybridized carbons (Fsp3) is 0.660. The molecule has 9 aliphatic carbocycles. The fourth-order valence-corrected chi connectivity index (χ4v) is 15.2. The average Bonchev–Trinajstić information content (AvgIpc) is 3.46. The Labute approximate surface area is 350 Å². The summed E-state index contributed by atoms with van der Waals surface area (Å²) in [5.41, 5.74) is -0.477. The maximum Gasteiger partial charge on any atom is 0.164 e. The molecule has 9 aliphatic rings. The number of allylic oxidation sites excluding steroid dienone is 4. The molecule has 6 saturated carbocycles. The molecule has 0 amide bonds. The lowest BCUT2D eigenvalue weighted by atomic mass is 9.32. The summed E-state index contributed by atoms with van der Waals surface area (Å²) in [4.78, 5) is 17.3. The summed E-state index contributed by atoms with van der Waals surface area (Å²) < 4.78 is 21.3. The Morgan fingerprint density at radius 1 is 0.948 bits per heavy atom. The highest BCUT2D eigenvalue weighted by atomic mass is 35.5. The minimum Gasteiger partial charge on any atom is -0.393 e. The van der Waals surface area contributed by atoms with Gasteiger partial charge in [-0.1, -0.05) is 93.9 Å². The van der Waals surface area contributed by atoms with E-state index in [1.165, 1.54) is 25.3 Å².